The van der Waals surface area contributed by atoms with E-state index in [1.54, 1.807) is 18.3 Å². The van der Waals surface area contributed by atoms with Gasteiger partial charge in [-0.15, -0.1) is 0 Å². The molecule has 0 saturated carbocycles. The van der Waals surface area contributed by atoms with Gasteiger partial charge in [0.25, 0.3) is 0 Å². The molecule has 1 aliphatic rings. The molecule has 0 aliphatic carbocycles. The highest BCUT2D eigenvalue weighted by molar-refractivity contribution is 5.95. The van der Waals surface area contributed by atoms with Crippen molar-refractivity contribution in [3.63, 3.8) is 0 Å². The number of phenolic OH excluding ortho intramolecular Hbond substituents is 1. The van der Waals surface area contributed by atoms with Gasteiger partial charge in [-0.3, -0.25) is 14.4 Å². The Morgan fingerprint density at radius 3 is 2.49 bits per heavy atom. The van der Waals surface area contributed by atoms with Crippen LogP contribution in [-0.2, 0) is 32.0 Å². The Balaban J connectivity index is 1.46. The molecule has 4 rings (SSSR count). The number of aliphatic carboxylic acids is 1. The Kier molecular flexibility index (Phi) is 8.50. The first-order valence-corrected chi connectivity index (χ1v) is 12.9. The van der Waals surface area contributed by atoms with Gasteiger partial charge in [0.05, 0.1) is 6.04 Å². The molecule has 4 unspecified atom stereocenters. The number of carbonyl (C=O) groups excluding carboxylic acids is 3. The van der Waals surface area contributed by atoms with Crippen molar-refractivity contribution in [1.29, 1.82) is 0 Å². The highest BCUT2D eigenvalue weighted by atomic mass is 16.4. The molecule has 11 nitrogen and oxygen atoms in total. The molecule has 2 aromatic carbocycles. The number of carboxylic acids is 1. The van der Waals surface area contributed by atoms with Gasteiger partial charge in [-0.05, 0) is 55.5 Å². The minimum Gasteiger partial charge on any atom is -0.508 e. The van der Waals surface area contributed by atoms with Crippen molar-refractivity contribution in [3.8, 4) is 5.75 Å². The number of hydrogen-bond donors (Lipinski definition) is 6. The largest absolute Gasteiger partial charge is 0.508 e. The van der Waals surface area contributed by atoms with Gasteiger partial charge in [0.1, 0.15) is 23.9 Å². The number of benzene rings is 2. The second kappa shape index (κ2) is 12.0. The number of fused-ring (bicyclic) bond motifs is 1. The number of rotatable bonds is 10. The maximum atomic E-state index is 13.6. The Bertz CT molecular complexity index is 1350. The zero-order valence-corrected chi connectivity index (χ0v) is 21.6. The Hall–Kier alpha value is -4.38. The van der Waals surface area contributed by atoms with Crippen molar-refractivity contribution in [3.05, 3.63) is 65.9 Å². The quantitative estimate of drug-likeness (QED) is 0.225. The molecule has 39 heavy (non-hydrogen) atoms. The number of nitrogens with one attached hydrogen (secondary N) is 3. The van der Waals surface area contributed by atoms with Crippen LogP contribution in [0.5, 0.6) is 5.75 Å². The predicted molar refractivity (Wildman–Crippen MR) is 144 cm³/mol. The molecule has 1 fully saturated rings. The molecule has 1 aromatic heterocycles. The maximum Gasteiger partial charge on any atom is 0.326 e. The summed E-state index contributed by atoms with van der Waals surface area (Å²) in [5.41, 5.74) is 8.44. The summed E-state index contributed by atoms with van der Waals surface area (Å²) in [7, 11) is 0. The number of carbonyl (C=O) groups is 4. The van der Waals surface area contributed by atoms with Crippen molar-refractivity contribution in [2.75, 3.05) is 6.54 Å². The van der Waals surface area contributed by atoms with Crippen LogP contribution in [0.4, 0.5) is 0 Å². The Morgan fingerprint density at radius 2 is 1.77 bits per heavy atom. The normalized spacial score (nSPS) is 17.4. The zero-order valence-electron chi connectivity index (χ0n) is 21.6. The molecule has 3 aromatic rings. The summed E-state index contributed by atoms with van der Waals surface area (Å²) in [5, 5.41) is 25.2. The fraction of sp³-hybridized carbons (Fsp3) is 0.357. The average Bonchev–Trinajstić information content (AvgIpc) is 3.57. The number of nitrogens with zero attached hydrogens (tertiary/aromatic N) is 1. The van der Waals surface area contributed by atoms with Crippen LogP contribution in [0.1, 0.15) is 30.9 Å². The number of para-hydroxylation sites is 1. The number of phenols is 1. The van der Waals surface area contributed by atoms with E-state index in [0.29, 0.717) is 12.8 Å². The second-order valence-electron chi connectivity index (χ2n) is 9.86. The van der Waals surface area contributed by atoms with Crippen LogP contribution in [0.3, 0.4) is 0 Å². The third-order valence-corrected chi connectivity index (χ3v) is 7.02. The van der Waals surface area contributed by atoms with E-state index in [0.717, 1.165) is 22.0 Å². The van der Waals surface area contributed by atoms with Crippen LogP contribution in [0.15, 0.2) is 54.7 Å². The SMILES string of the molecule is CC(NC(=O)C(N)Cc1ccc(O)cc1)C(=O)NC(Cc1c[nH]c2ccccc12)C(=O)N1CCCC1C(=O)O. The predicted octanol–water partition coefficient (Wildman–Crippen LogP) is 1.05. The summed E-state index contributed by atoms with van der Waals surface area (Å²) in [5.74, 6) is -2.61. The minimum atomic E-state index is -1.08. The second-order valence-corrected chi connectivity index (χ2v) is 9.86. The zero-order chi connectivity index (χ0) is 28.1. The number of amides is 3. The molecule has 1 saturated heterocycles. The minimum absolute atomic E-state index is 0.0995. The number of nitrogens with two attached hydrogens (primary N) is 1. The number of aromatic hydroxyl groups is 1. The van der Waals surface area contributed by atoms with Crippen molar-refractivity contribution in [2.45, 2.75) is 56.8 Å². The van der Waals surface area contributed by atoms with Gasteiger partial charge in [0.15, 0.2) is 0 Å². The average molecular weight is 536 g/mol. The summed E-state index contributed by atoms with van der Waals surface area (Å²) >= 11 is 0. The number of likely N-dealkylation sites (tertiary alicyclic amines) is 1. The molecule has 206 valence electrons. The lowest BCUT2D eigenvalue weighted by Gasteiger charge is -2.28. The maximum absolute atomic E-state index is 13.6. The van der Waals surface area contributed by atoms with Gasteiger partial charge in [-0.25, -0.2) is 4.79 Å². The number of aromatic nitrogens is 1. The van der Waals surface area contributed by atoms with Gasteiger partial charge in [0, 0.05) is 30.1 Å². The fourth-order valence-electron chi connectivity index (χ4n) is 4.87. The van der Waals surface area contributed by atoms with E-state index in [1.807, 2.05) is 24.3 Å². The molecular weight excluding hydrogens is 502 g/mol. The monoisotopic (exact) mass is 535 g/mol. The summed E-state index contributed by atoms with van der Waals surface area (Å²) in [6.07, 6.45) is 3.01. The summed E-state index contributed by atoms with van der Waals surface area (Å²) in [6.45, 7) is 1.78. The molecule has 0 spiro atoms. The van der Waals surface area contributed by atoms with Gasteiger partial charge in [-0.2, -0.15) is 0 Å². The highest BCUT2D eigenvalue weighted by Crippen LogP contribution is 2.23. The Morgan fingerprint density at radius 1 is 1.05 bits per heavy atom. The molecular formula is C28H33N5O6. The van der Waals surface area contributed by atoms with Crippen LogP contribution >= 0.6 is 0 Å². The van der Waals surface area contributed by atoms with Crippen molar-refractivity contribution >= 4 is 34.6 Å². The molecule has 2 heterocycles. The van der Waals surface area contributed by atoms with E-state index in [1.165, 1.54) is 24.0 Å². The fourth-order valence-corrected chi connectivity index (χ4v) is 4.87. The van der Waals surface area contributed by atoms with E-state index in [2.05, 4.69) is 15.6 Å². The first kappa shape index (κ1) is 27.6. The van der Waals surface area contributed by atoms with Gasteiger partial charge >= 0.3 is 5.97 Å². The number of H-pyrrole nitrogens is 1. The first-order valence-electron chi connectivity index (χ1n) is 12.9. The topological polar surface area (TPSA) is 178 Å². The lowest BCUT2D eigenvalue weighted by Crippen LogP contribution is -2.57. The van der Waals surface area contributed by atoms with E-state index in [9.17, 15) is 29.4 Å². The van der Waals surface area contributed by atoms with Crippen molar-refractivity contribution < 1.29 is 29.4 Å². The lowest BCUT2D eigenvalue weighted by atomic mass is 10.0. The van der Waals surface area contributed by atoms with E-state index in [-0.39, 0.29) is 25.1 Å². The molecule has 1 aliphatic heterocycles. The van der Waals surface area contributed by atoms with Crippen LogP contribution in [0.2, 0.25) is 0 Å². The third-order valence-electron chi connectivity index (χ3n) is 7.02. The number of aromatic amines is 1. The van der Waals surface area contributed by atoms with E-state index < -0.39 is 47.9 Å². The molecule has 3 amide bonds. The van der Waals surface area contributed by atoms with Gasteiger partial charge in [0.2, 0.25) is 17.7 Å². The molecule has 11 heteroatoms. The van der Waals surface area contributed by atoms with Crippen LogP contribution in [0.25, 0.3) is 10.9 Å². The number of carboxylic acid groups (broad SMARTS) is 1. The standard InChI is InChI=1S/C28H33N5O6/c1-16(31-26(36)21(29)13-17-8-10-19(34)11-9-17)25(35)32-23(27(37)33-12-4-7-24(33)28(38)39)14-18-15-30-22-6-3-2-5-20(18)22/h2-3,5-6,8-11,15-16,21,23-24,30,34H,4,7,12-14,29H2,1H3,(H,31,36)(H,32,35)(H,38,39). The first-order chi connectivity index (χ1) is 18.6. The van der Waals surface area contributed by atoms with Crippen molar-refractivity contribution in [2.24, 2.45) is 5.73 Å². The summed E-state index contributed by atoms with van der Waals surface area (Å²) < 4.78 is 0. The molecule has 7 N–H and O–H groups in total. The number of hydrogen-bond acceptors (Lipinski definition) is 6. The Labute approximate surface area is 225 Å². The van der Waals surface area contributed by atoms with Crippen LogP contribution in [-0.4, -0.2) is 74.5 Å². The van der Waals surface area contributed by atoms with Gasteiger partial charge < -0.3 is 36.5 Å². The molecule has 4 atom stereocenters. The third kappa shape index (κ3) is 6.55. The van der Waals surface area contributed by atoms with Crippen molar-refractivity contribution in [1.82, 2.24) is 20.5 Å². The van der Waals surface area contributed by atoms with Gasteiger partial charge in [-0.1, -0.05) is 30.3 Å². The smallest absolute Gasteiger partial charge is 0.326 e. The van der Waals surface area contributed by atoms with Crippen LogP contribution in [0, 0.1) is 0 Å². The highest BCUT2D eigenvalue weighted by Gasteiger charge is 2.38. The molecule has 0 bridgehead atoms. The van der Waals surface area contributed by atoms with E-state index >= 15 is 0 Å². The summed E-state index contributed by atoms with van der Waals surface area (Å²) in [6, 6.07) is 9.92. The lowest BCUT2D eigenvalue weighted by molar-refractivity contribution is -0.149. The van der Waals surface area contributed by atoms with E-state index in [4.69, 9.17) is 5.73 Å². The summed E-state index contributed by atoms with van der Waals surface area (Å²) in [4.78, 5) is 55.6. The molecule has 0 radical (unpaired) electrons. The van der Waals surface area contributed by atoms with Crippen LogP contribution < -0.4 is 16.4 Å².